The fourth-order valence-corrected chi connectivity index (χ4v) is 1.44. The molecular formula is C20H22Ti-4. The first-order valence-corrected chi connectivity index (χ1v) is 8.00. The summed E-state index contributed by atoms with van der Waals surface area (Å²) in [6.45, 7) is 3.73. The van der Waals surface area contributed by atoms with Gasteiger partial charge in [-0.2, -0.15) is 29.8 Å². The summed E-state index contributed by atoms with van der Waals surface area (Å²) in [5, 5.41) is 0. The molecule has 1 aromatic rings. The van der Waals surface area contributed by atoms with E-state index in [1.54, 1.807) is 20.0 Å². The standard InChI is InChI=1S/C9H10.2C5H5.CH2.Ti/c1-2-6-9-7-4-3-5-8-9;2*1-2-4-5-3-1;;/h3-8H,1-2H2;2*1-3H,4H2;1H2;/q-2;2*-1;;. The Morgan fingerprint density at radius 2 is 1.52 bits per heavy atom. The minimum atomic E-state index is 0.865. The summed E-state index contributed by atoms with van der Waals surface area (Å²) >= 11 is 1.75. The molecule has 0 fully saturated rings. The molecule has 0 aliphatic heterocycles. The van der Waals surface area contributed by atoms with Gasteiger partial charge in [0.25, 0.3) is 0 Å². The molecule has 0 saturated carbocycles. The van der Waals surface area contributed by atoms with Crippen molar-refractivity contribution < 1.29 is 20.0 Å². The second-order valence-electron chi connectivity index (χ2n) is 3.91. The van der Waals surface area contributed by atoms with Crippen LogP contribution in [0.5, 0.6) is 0 Å². The number of rotatable bonds is 2. The van der Waals surface area contributed by atoms with Crippen molar-refractivity contribution in [2.45, 2.75) is 19.3 Å². The topological polar surface area (TPSA) is 0 Å². The van der Waals surface area contributed by atoms with Gasteiger partial charge in [0.1, 0.15) is 0 Å². The number of hydrogen-bond acceptors (Lipinski definition) is 0. The van der Waals surface area contributed by atoms with Crippen LogP contribution >= 0.6 is 0 Å². The second-order valence-corrected chi connectivity index (χ2v) is 3.91. The molecule has 0 spiro atoms. The first-order valence-electron chi connectivity index (χ1n) is 6.90. The van der Waals surface area contributed by atoms with Crippen molar-refractivity contribution in [1.82, 2.24) is 0 Å². The zero-order valence-electron chi connectivity index (χ0n) is 12.5. The fourth-order valence-electron chi connectivity index (χ4n) is 1.44. The van der Waals surface area contributed by atoms with Gasteiger partial charge in [0.05, 0.1) is 0 Å². The van der Waals surface area contributed by atoms with Gasteiger partial charge in [0.15, 0.2) is 0 Å². The van der Waals surface area contributed by atoms with Crippen molar-refractivity contribution in [3.05, 3.63) is 97.8 Å². The Kier molecular flexibility index (Phi) is 15.6. The average Bonchev–Trinajstić information content (AvgIpc) is 3.29. The summed E-state index contributed by atoms with van der Waals surface area (Å²) in [5.74, 6) is 0. The van der Waals surface area contributed by atoms with Gasteiger partial charge in [-0.3, -0.25) is 12.2 Å². The van der Waals surface area contributed by atoms with E-state index in [9.17, 15) is 0 Å². The number of hydrogen-bond donors (Lipinski definition) is 0. The molecule has 0 N–H and O–H groups in total. The van der Waals surface area contributed by atoms with E-state index in [0.29, 0.717) is 0 Å². The van der Waals surface area contributed by atoms with E-state index in [-0.39, 0.29) is 0 Å². The van der Waals surface area contributed by atoms with Gasteiger partial charge in [-0.25, -0.2) is 37.1 Å². The van der Waals surface area contributed by atoms with Gasteiger partial charge in [0.2, 0.25) is 0 Å². The van der Waals surface area contributed by atoms with Crippen LogP contribution in [0, 0.1) is 25.5 Å². The molecule has 2 aliphatic rings. The molecule has 0 bridgehead atoms. The second kappa shape index (κ2) is 16.7. The van der Waals surface area contributed by atoms with Crippen LogP contribution in [0.1, 0.15) is 24.8 Å². The number of benzene rings is 1. The van der Waals surface area contributed by atoms with Crippen molar-refractivity contribution in [3.63, 3.8) is 0 Å². The summed E-state index contributed by atoms with van der Waals surface area (Å²) < 4.78 is 0. The molecule has 1 aromatic carbocycles. The van der Waals surface area contributed by atoms with Crippen molar-refractivity contribution in [2.75, 3.05) is 0 Å². The van der Waals surface area contributed by atoms with Gasteiger partial charge < -0.3 is 6.92 Å². The summed E-state index contributed by atoms with van der Waals surface area (Å²) in [7, 11) is 0. The van der Waals surface area contributed by atoms with Crippen LogP contribution in [0.2, 0.25) is 0 Å². The molecule has 0 heterocycles. The third kappa shape index (κ3) is 13.4. The quantitative estimate of drug-likeness (QED) is 0.530. The van der Waals surface area contributed by atoms with E-state index in [4.69, 9.17) is 0 Å². The average molecular weight is 310 g/mol. The Balaban J connectivity index is 0.000000286. The van der Waals surface area contributed by atoms with Crippen molar-refractivity contribution in [3.8, 4) is 0 Å². The monoisotopic (exact) mass is 310 g/mol. The third-order valence-electron chi connectivity index (χ3n) is 2.35. The number of allylic oxidation sites excluding steroid dienone is 8. The predicted octanol–water partition coefficient (Wildman–Crippen LogP) is 5.04. The van der Waals surface area contributed by atoms with Crippen molar-refractivity contribution in [2.24, 2.45) is 0 Å². The van der Waals surface area contributed by atoms with Crippen LogP contribution in [-0.2, 0) is 20.0 Å². The molecule has 3 rings (SSSR count). The van der Waals surface area contributed by atoms with E-state index in [0.717, 1.165) is 19.3 Å². The van der Waals surface area contributed by atoms with Crippen molar-refractivity contribution >= 4 is 4.82 Å². The van der Waals surface area contributed by atoms with E-state index in [1.807, 2.05) is 42.5 Å². The molecule has 0 saturated heterocycles. The van der Waals surface area contributed by atoms with E-state index < -0.39 is 0 Å². The molecule has 110 valence electrons. The Morgan fingerprint density at radius 3 is 1.81 bits per heavy atom. The van der Waals surface area contributed by atoms with Crippen molar-refractivity contribution in [1.29, 1.82) is 0 Å². The minimum absolute atomic E-state index is 0.865. The Hall–Kier alpha value is -1.37. The maximum atomic E-state index is 3.73. The Morgan fingerprint density at radius 1 is 1.00 bits per heavy atom. The predicted molar refractivity (Wildman–Crippen MR) is 90.1 cm³/mol. The van der Waals surface area contributed by atoms with E-state index in [1.165, 1.54) is 5.56 Å². The zero-order chi connectivity index (χ0) is 15.6. The van der Waals surface area contributed by atoms with Gasteiger partial charge in [0, 0.05) is 0 Å². The van der Waals surface area contributed by atoms with Gasteiger partial charge in [-0.15, -0.1) is 25.0 Å². The van der Waals surface area contributed by atoms with Gasteiger partial charge in [-0.1, -0.05) is 6.07 Å². The van der Waals surface area contributed by atoms with Crippen LogP contribution in [0.4, 0.5) is 0 Å². The SMILES string of the molecule is [C-]1=CC=CC1.[C-]1=CC=CC1.[CH2-]C[CH-]c1ccccc1.[CH2]=[Ti]. The molecule has 0 aromatic heterocycles. The molecule has 21 heavy (non-hydrogen) atoms. The van der Waals surface area contributed by atoms with Crippen LogP contribution in [0.25, 0.3) is 0 Å². The molecule has 0 amide bonds. The summed E-state index contributed by atoms with van der Waals surface area (Å²) in [4.78, 5) is 3.25. The first-order chi connectivity index (χ1) is 10.4. The molecule has 0 nitrogen and oxygen atoms in total. The fraction of sp³-hybridized carbons (Fsp3) is 0.150. The van der Waals surface area contributed by atoms with Crippen LogP contribution in [-0.4, -0.2) is 4.82 Å². The van der Waals surface area contributed by atoms with Gasteiger partial charge in [-0.05, 0) is 0 Å². The summed E-state index contributed by atoms with van der Waals surface area (Å²) in [5.41, 5.74) is 1.26. The Bertz CT molecular complexity index is 396. The van der Waals surface area contributed by atoms with Gasteiger partial charge >= 0.3 is 24.8 Å². The molecular weight excluding hydrogens is 288 g/mol. The van der Waals surface area contributed by atoms with Crippen LogP contribution < -0.4 is 0 Å². The summed E-state index contributed by atoms with van der Waals surface area (Å²) in [6, 6.07) is 10.2. The van der Waals surface area contributed by atoms with Crippen LogP contribution in [0.3, 0.4) is 0 Å². The zero-order valence-corrected chi connectivity index (χ0v) is 14.0. The maximum absolute atomic E-state index is 3.73. The normalized spacial score (nSPS) is 12.4. The van der Waals surface area contributed by atoms with Crippen LogP contribution in [0.15, 0.2) is 66.8 Å². The molecule has 1 heteroatoms. The Labute approximate surface area is 141 Å². The molecule has 0 atom stereocenters. The van der Waals surface area contributed by atoms with E-state index in [2.05, 4.69) is 54.6 Å². The first kappa shape index (κ1) is 19.6. The molecule has 0 radical (unpaired) electrons. The molecule has 2 aliphatic carbocycles. The third-order valence-corrected chi connectivity index (χ3v) is 2.35. The molecule has 0 unspecified atom stereocenters. The summed E-state index contributed by atoms with van der Waals surface area (Å²) in [6.07, 6.45) is 23.0. The van der Waals surface area contributed by atoms with E-state index >= 15 is 0 Å².